The number of rotatable bonds is 2. The average molecular weight is 341 g/mol. The maximum Gasteiger partial charge on any atom is 0.220 e. The summed E-state index contributed by atoms with van der Waals surface area (Å²) < 4.78 is 16.3. The largest absolute Gasteiger partial charge is 0.369 e. The minimum absolute atomic E-state index is 0.186. The Morgan fingerprint density at radius 3 is 2.60 bits per heavy atom. The quantitative estimate of drug-likeness (QED) is 0.874. The van der Waals surface area contributed by atoms with Crippen molar-refractivity contribution in [1.29, 1.82) is 0 Å². The van der Waals surface area contributed by atoms with Crippen LogP contribution in [-0.4, -0.2) is 27.1 Å². The number of guanidine groups is 2. The first-order valence-corrected chi connectivity index (χ1v) is 8.37. The Morgan fingerprint density at radius 2 is 1.92 bits per heavy atom. The van der Waals surface area contributed by atoms with Crippen molar-refractivity contribution in [2.75, 3.05) is 4.90 Å². The van der Waals surface area contributed by atoms with E-state index in [-0.39, 0.29) is 17.7 Å². The van der Waals surface area contributed by atoms with Crippen LogP contribution >= 0.6 is 0 Å². The summed E-state index contributed by atoms with van der Waals surface area (Å²) in [7, 11) is 0. The van der Waals surface area contributed by atoms with Gasteiger partial charge < -0.3 is 16.0 Å². The molecule has 4 N–H and O–H groups in total. The molecule has 2 aliphatic rings. The predicted octanol–water partition coefficient (Wildman–Crippen LogP) is 2.12. The van der Waals surface area contributed by atoms with E-state index in [0.717, 1.165) is 32.1 Å². The Kier molecular flexibility index (Phi) is 3.67. The van der Waals surface area contributed by atoms with Crippen LogP contribution in [0.15, 0.2) is 46.9 Å². The van der Waals surface area contributed by atoms with Crippen LogP contribution in [0.1, 0.15) is 32.1 Å². The second-order valence-corrected chi connectivity index (χ2v) is 6.42. The predicted molar refractivity (Wildman–Crippen MR) is 95.1 cm³/mol. The molecular weight excluding hydrogens is 321 g/mol. The lowest BCUT2D eigenvalue weighted by Gasteiger charge is -2.45. The number of aliphatic imine (C=N–C) groups is 2. The van der Waals surface area contributed by atoms with E-state index in [1.165, 1.54) is 6.07 Å². The topological polar surface area (TPSA) is 97.8 Å². The third-order valence-corrected chi connectivity index (χ3v) is 4.82. The third-order valence-electron chi connectivity index (χ3n) is 4.82. The van der Waals surface area contributed by atoms with Crippen LogP contribution < -0.4 is 16.4 Å². The fourth-order valence-corrected chi connectivity index (χ4v) is 3.74. The van der Waals surface area contributed by atoms with Gasteiger partial charge in [-0.15, -0.1) is 0 Å². The van der Waals surface area contributed by atoms with Crippen LogP contribution in [0.3, 0.4) is 0 Å². The highest BCUT2D eigenvalue weighted by Gasteiger charge is 2.42. The fraction of sp³-hybridized carbons (Fsp3) is 0.353. The second kappa shape index (κ2) is 5.87. The first kappa shape index (κ1) is 15.6. The summed E-state index contributed by atoms with van der Waals surface area (Å²) in [4.78, 5) is 14.5. The molecule has 1 aromatic carbocycles. The van der Waals surface area contributed by atoms with E-state index in [1.807, 2.05) is 11.0 Å². The molecule has 2 heterocycles. The molecule has 1 fully saturated rings. The first-order chi connectivity index (χ1) is 12.1. The smallest absolute Gasteiger partial charge is 0.220 e. The molecule has 0 saturated heterocycles. The summed E-state index contributed by atoms with van der Waals surface area (Å²) in [6.07, 6.45) is 9.69. The molecule has 0 bridgehead atoms. The summed E-state index contributed by atoms with van der Waals surface area (Å²) in [5.74, 6) is 0.0760. The Hall–Kier alpha value is -2.90. The van der Waals surface area contributed by atoms with Crippen LogP contribution in [0.2, 0.25) is 0 Å². The molecule has 7 nitrogen and oxygen atoms in total. The molecule has 1 aliphatic carbocycles. The molecule has 4 rings (SSSR count). The van der Waals surface area contributed by atoms with E-state index in [9.17, 15) is 4.39 Å². The number of halogens is 1. The molecule has 0 radical (unpaired) electrons. The number of hydrogen-bond acceptors (Lipinski definition) is 6. The van der Waals surface area contributed by atoms with Gasteiger partial charge in [-0.05, 0) is 43.9 Å². The minimum atomic E-state index is -0.572. The Morgan fingerprint density at radius 1 is 1.12 bits per heavy atom. The molecule has 130 valence electrons. The standard InChI is InChI=1S/C17H20FN7/c18-13-10-12(4-5-14(13)24-9-8-21-11-24)25-16(20)22-15(19)23-17(25)6-2-1-3-7-17/h4-5,8-11H,1-3,6-7H2,(H4,19,20,22,23). The maximum absolute atomic E-state index is 14.7. The normalized spacial score (nSPS) is 19.6. The minimum Gasteiger partial charge on any atom is -0.369 e. The van der Waals surface area contributed by atoms with E-state index in [2.05, 4.69) is 15.0 Å². The lowest BCUT2D eigenvalue weighted by Crippen LogP contribution is -2.58. The molecule has 1 aromatic heterocycles. The van der Waals surface area contributed by atoms with Crippen LogP contribution in [-0.2, 0) is 0 Å². The molecule has 0 atom stereocenters. The van der Waals surface area contributed by atoms with Crippen molar-refractivity contribution in [3.8, 4) is 5.69 Å². The third kappa shape index (κ3) is 2.63. The van der Waals surface area contributed by atoms with Gasteiger partial charge in [-0.1, -0.05) is 6.42 Å². The van der Waals surface area contributed by atoms with E-state index < -0.39 is 5.66 Å². The van der Waals surface area contributed by atoms with Crippen molar-refractivity contribution in [2.45, 2.75) is 37.8 Å². The molecule has 1 aliphatic heterocycles. The second-order valence-electron chi connectivity index (χ2n) is 6.42. The molecule has 1 saturated carbocycles. The number of hydrogen-bond donors (Lipinski definition) is 2. The van der Waals surface area contributed by atoms with Gasteiger partial charge in [0.1, 0.15) is 11.5 Å². The highest BCUT2D eigenvalue weighted by molar-refractivity contribution is 6.05. The summed E-state index contributed by atoms with van der Waals surface area (Å²) in [6, 6.07) is 5.00. The maximum atomic E-state index is 14.7. The molecule has 8 heteroatoms. The van der Waals surface area contributed by atoms with Crippen molar-refractivity contribution in [3.63, 3.8) is 0 Å². The number of aromatic nitrogens is 2. The van der Waals surface area contributed by atoms with Crippen LogP contribution in [0.4, 0.5) is 10.1 Å². The van der Waals surface area contributed by atoms with Crippen molar-refractivity contribution in [2.24, 2.45) is 21.5 Å². The van der Waals surface area contributed by atoms with Gasteiger partial charge in [0.05, 0.1) is 12.0 Å². The van der Waals surface area contributed by atoms with Crippen molar-refractivity contribution >= 4 is 17.6 Å². The molecule has 2 aromatic rings. The lowest BCUT2D eigenvalue weighted by atomic mass is 9.87. The molecule has 0 amide bonds. The number of imidazole rings is 1. The first-order valence-electron chi connectivity index (χ1n) is 8.37. The van der Waals surface area contributed by atoms with Gasteiger partial charge >= 0.3 is 0 Å². The summed E-state index contributed by atoms with van der Waals surface area (Å²) in [5, 5.41) is 0. The van der Waals surface area contributed by atoms with Gasteiger partial charge in [0.25, 0.3) is 0 Å². The molecule has 0 unspecified atom stereocenters. The zero-order chi connectivity index (χ0) is 17.4. The number of anilines is 1. The Bertz CT molecular complexity index is 835. The zero-order valence-corrected chi connectivity index (χ0v) is 13.8. The van der Waals surface area contributed by atoms with Gasteiger partial charge in [-0.3, -0.25) is 4.90 Å². The van der Waals surface area contributed by atoms with Gasteiger partial charge in [-0.25, -0.2) is 14.4 Å². The Balaban J connectivity index is 1.77. The van der Waals surface area contributed by atoms with E-state index in [0.29, 0.717) is 11.4 Å². The number of benzene rings is 1. The molecule has 25 heavy (non-hydrogen) atoms. The van der Waals surface area contributed by atoms with Crippen LogP contribution in [0.5, 0.6) is 0 Å². The van der Waals surface area contributed by atoms with E-state index in [4.69, 9.17) is 11.5 Å². The number of nitrogens with two attached hydrogens (primary N) is 2. The van der Waals surface area contributed by atoms with E-state index >= 15 is 0 Å². The van der Waals surface area contributed by atoms with Gasteiger partial charge in [0.15, 0.2) is 0 Å². The van der Waals surface area contributed by atoms with Crippen molar-refractivity contribution in [1.82, 2.24) is 9.55 Å². The van der Waals surface area contributed by atoms with Crippen molar-refractivity contribution in [3.05, 3.63) is 42.7 Å². The highest BCUT2D eigenvalue weighted by Crippen LogP contribution is 2.39. The van der Waals surface area contributed by atoms with Crippen LogP contribution in [0.25, 0.3) is 5.69 Å². The van der Waals surface area contributed by atoms with Gasteiger partial charge in [0, 0.05) is 18.1 Å². The Labute approximate surface area is 144 Å². The van der Waals surface area contributed by atoms with E-state index in [1.54, 1.807) is 29.4 Å². The van der Waals surface area contributed by atoms with Gasteiger partial charge in [0.2, 0.25) is 11.9 Å². The highest BCUT2D eigenvalue weighted by atomic mass is 19.1. The fourth-order valence-electron chi connectivity index (χ4n) is 3.74. The van der Waals surface area contributed by atoms with Gasteiger partial charge in [-0.2, -0.15) is 4.99 Å². The SMILES string of the molecule is NC1=NC2(CCCCC2)N(c2ccc(-n3ccnc3)c(F)c2)C(N)=N1. The summed E-state index contributed by atoms with van der Waals surface area (Å²) >= 11 is 0. The lowest BCUT2D eigenvalue weighted by molar-refractivity contribution is 0.305. The summed E-state index contributed by atoms with van der Waals surface area (Å²) in [5.41, 5.74) is 12.5. The number of nitrogens with zero attached hydrogens (tertiary/aromatic N) is 5. The average Bonchev–Trinajstić information content (AvgIpc) is 3.09. The zero-order valence-electron chi connectivity index (χ0n) is 13.8. The van der Waals surface area contributed by atoms with Crippen LogP contribution in [0, 0.1) is 5.82 Å². The van der Waals surface area contributed by atoms with Crippen molar-refractivity contribution < 1.29 is 4.39 Å². The summed E-state index contributed by atoms with van der Waals surface area (Å²) in [6.45, 7) is 0. The monoisotopic (exact) mass is 341 g/mol. The molecule has 1 spiro atoms. The molecular formula is C17H20FN7.